The molecule has 3 N–H and O–H groups in total. The Morgan fingerprint density at radius 2 is 1.94 bits per heavy atom. The number of rotatable bonds is 9. The highest BCUT2D eigenvalue weighted by molar-refractivity contribution is 6.24. The van der Waals surface area contributed by atoms with Crippen molar-refractivity contribution in [2.24, 2.45) is 16.0 Å². The van der Waals surface area contributed by atoms with E-state index < -0.39 is 5.92 Å². The van der Waals surface area contributed by atoms with Crippen molar-refractivity contribution < 1.29 is 9.53 Å². The van der Waals surface area contributed by atoms with E-state index in [4.69, 9.17) is 4.74 Å². The molecule has 1 unspecified atom stereocenters. The minimum atomic E-state index is -0.522. The number of hydrazone groups is 1. The van der Waals surface area contributed by atoms with Crippen LogP contribution in [0.4, 0.5) is 0 Å². The van der Waals surface area contributed by atoms with Gasteiger partial charge in [-0.15, -0.1) is 0 Å². The summed E-state index contributed by atoms with van der Waals surface area (Å²) in [6.07, 6.45) is 7.99. The highest BCUT2D eigenvalue weighted by atomic mass is 16.5. The number of ether oxygens (including phenoxy) is 1. The third-order valence-electron chi connectivity index (χ3n) is 6.36. The van der Waals surface area contributed by atoms with E-state index >= 15 is 0 Å². The average molecular weight is 461 g/mol. The van der Waals surface area contributed by atoms with Crippen LogP contribution >= 0.6 is 0 Å². The number of H-pyrrole nitrogens is 1. The molecule has 1 aromatic heterocycles. The molecule has 4 rings (SSSR count). The zero-order chi connectivity index (χ0) is 24.1. The number of carbonyl (C=O) groups excluding carboxylic acids is 1. The second kappa shape index (κ2) is 10.5. The smallest absolute Gasteiger partial charge is 0.254 e. The van der Waals surface area contributed by atoms with Gasteiger partial charge in [0, 0.05) is 42.1 Å². The van der Waals surface area contributed by atoms with Crippen LogP contribution in [0.2, 0.25) is 0 Å². The summed E-state index contributed by atoms with van der Waals surface area (Å²) in [4.78, 5) is 22.8. The first-order chi connectivity index (χ1) is 16.5. The van der Waals surface area contributed by atoms with Crippen LogP contribution in [0, 0.1) is 12.8 Å². The quantitative estimate of drug-likeness (QED) is 0.534. The third-order valence-corrected chi connectivity index (χ3v) is 6.36. The number of methoxy groups -OCH3 is 1. The van der Waals surface area contributed by atoms with Crippen LogP contribution in [-0.4, -0.2) is 54.5 Å². The summed E-state index contributed by atoms with van der Waals surface area (Å²) in [7, 11) is 1.67. The maximum Gasteiger partial charge on any atom is 0.254 e. The molecule has 1 amide bonds. The Bertz CT molecular complexity index is 1150. The molecule has 0 bridgehead atoms. The van der Waals surface area contributed by atoms with Crippen molar-refractivity contribution in [3.63, 3.8) is 0 Å². The summed E-state index contributed by atoms with van der Waals surface area (Å²) in [5.74, 6) is 0.117. The molecule has 34 heavy (non-hydrogen) atoms. The summed E-state index contributed by atoms with van der Waals surface area (Å²) in [6.45, 7) is 9.54. The largest absolute Gasteiger partial charge is 0.497 e. The second-order valence-electron chi connectivity index (χ2n) is 8.29. The molecule has 0 radical (unpaired) electrons. The Balaban J connectivity index is 1.77. The summed E-state index contributed by atoms with van der Waals surface area (Å²) in [5, 5.41) is 7.18. The highest BCUT2D eigenvalue weighted by Gasteiger charge is 2.30. The third kappa shape index (κ3) is 4.82. The maximum atomic E-state index is 12.3. The van der Waals surface area contributed by atoms with Crippen LogP contribution in [-0.2, 0) is 11.2 Å². The number of aryl methyl sites for hydroxylation is 1. The van der Waals surface area contributed by atoms with Crippen molar-refractivity contribution in [2.75, 3.05) is 26.7 Å². The molecule has 2 aliphatic heterocycles. The Morgan fingerprint density at radius 1 is 1.18 bits per heavy atom. The van der Waals surface area contributed by atoms with Crippen LogP contribution in [0.5, 0.6) is 5.75 Å². The first-order valence-electron chi connectivity index (χ1n) is 11.7. The van der Waals surface area contributed by atoms with Gasteiger partial charge in [0.05, 0.1) is 18.5 Å². The number of carbonyl (C=O) groups is 1. The number of nitrogens with zero attached hydrogens (tertiary/aromatic N) is 3. The minimum Gasteiger partial charge on any atom is -0.497 e. The van der Waals surface area contributed by atoms with E-state index in [0.717, 1.165) is 60.0 Å². The fourth-order valence-electron chi connectivity index (χ4n) is 4.41. The SMILES string of the molecule is CCN(CC)CCc1c(C)[nH]c(C=C2NC=CN=C2C2C=NNC2=O)c1-c1ccc(OC)cc1. The van der Waals surface area contributed by atoms with Crippen molar-refractivity contribution in [1.82, 2.24) is 20.6 Å². The van der Waals surface area contributed by atoms with Gasteiger partial charge in [-0.25, -0.2) is 5.43 Å². The van der Waals surface area contributed by atoms with Crippen molar-refractivity contribution in [1.29, 1.82) is 0 Å². The zero-order valence-electron chi connectivity index (χ0n) is 20.2. The van der Waals surface area contributed by atoms with Gasteiger partial charge in [-0.05, 0) is 55.8 Å². The van der Waals surface area contributed by atoms with E-state index in [0.29, 0.717) is 5.71 Å². The second-order valence-corrected chi connectivity index (χ2v) is 8.29. The van der Waals surface area contributed by atoms with Crippen LogP contribution in [0.1, 0.15) is 30.8 Å². The van der Waals surface area contributed by atoms with Gasteiger partial charge in [-0.3, -0.25) is 9.79 Å². The molecule has 1 aromatic carbocycles. The molecular weight excluding hydrogens is 428 g/mol. The van der Waals surface area contributed by atoms with Gasteiger partial charge in [-0.2, -0.15) is 5.10 Å². The Hall–Kier alpha value is -3.65. The summed E-state index contributed by atoms with van der Waals surface area (Å²) >= 11 is 0. The lowest BCUT2D eigenvalue weighted by molar-refractivity contribution is -0.120. The number of likely N-dealkylation sites (N-methyl/N-ethyl adjacent to an activating group) is 1. The van der Waals surface area contributed by atoms with Crippen LogP contribution in [0.25, 0.3) is 17.2 Å². The van der Waals surface area contributed by atoms with Gasteiger partial charge in [0.15, 0.2) is 0 Å². The molecule has 178 valence electrons. The van der Waals surface area contributed by atoms with Gasteiger partial charge >= 0.3 is 0 Å². The molecule has 3 heterocycles. The van der Waals surface area contributed by atoms with Crippen molar-refractivity contribution >= 4 is 23.9 Å². The van der Waals surface area contributed by atoms with E-state index in [1.54, 1.807) is 25.7 Å². The monoisotopic (exact) mass is 460 g/mol. The molecule has 0 aliphatic carbocycles. The first-order valence-corrected chi connectivity index (χ1v) is 11.7. The van der Waals surface area contributed by atoms with Crippen LogP contribution in [0.3, 0.4) is 0 Å². The first kappa shape index (κ1) is 23.5. The van der Waals surface area contributed by atoms with Gasteiger partial charge in [0.1, 0.15) is 11.7 Å². The van der Waals surface area contributed by atoms with Crippen molar-refractivity contribution in [3.8, 4) is 16.9 Å². The van der Waals surface area contributed by atoms with E-state index in [1.807, 2.05) is 18.2 Å². The molecule has 0 spiro atoms. The fourth-order valence-corrected chi connectivity index (χ4v) is 4.41. The highest BCUT2D eigenvalue weighted by Crippen LogP contribution is 2.34. The number of benzene rings is 1. The number of aromatic amines is 1. The predicted octanol–water partition coefficient (Wildman–Crippen LogP) is 3.47. The van der Waals surface area contributed by atoms with E-state index in [9.17, 15) is 4.79 Å². The van der Waals surface area contributed by atoms with Crippen molar-refractivity contribution in [3.05, 3.63) is 59.3 Å². The lowest BCUT2D eigenvalue weighted by Crippen LogP contribution is -2.32. The van der Waals surface area contributed by atoms with Crippen LogP contribution in [0.15, 0.2) is 52.5 Å². The number of hydrogen-bond acceptors (Lipinski definition) is 6. The molecule has 0 fully saturated rings. The number of aliphatic imine (C=N–C) groups is 1. The Kier molecular flexibility index (Phi) is 7.27. The molecule has 8 heteroatoms. The summed E-state index contributed by atoms with van der Waals surface area (Å²) < 4.78 is 5.37. The molecular formula is C26H32N6O2. The van der Waals surface area contributed by atoms with E-state index in [-0.39, 0.29) is 5.91 Å². The average Bonchev–Trinajstić information content (AvgIpc) is 3.42. The predicted molar refractivity (Wildman–Crippen MR) is 137 cm³/mol. The van der Waals surface area contributed by atoms with Crippen molar-refractivity contribution in [2.45, 2.75) is 27.2 Å². The molecule has 8 nitrogen and oxygen atoms in total. The summed E-state index contributed by atoms with van der Waals surface area (Å²) in [5.41, 5.74) is 9.55. The number of amides is 1. The summed E-state index contributed by atoms with van der Waals surface area (Å²) in [6, 6.07) is 8.14. The molecule has 2 aromatic rings. The number of aromatic nitrogens is 1. The standard InChI is InChI=1S/C26H32N6O2/c1-5-32(6-2)14-11-20-17(3)30-22(24(20)18-7-9-19(34-4)10-8-18)15-23-25(28-13-12-27-23)21-16-29-31-26(21)33/h7-10,12-13,15-16,21,27,30H,5-6,11,14H2,1-4H3,(H,31,33). The molecule has 2 aliphatic rings. The van der Waals surface area contributed by atoms with E-state index in [1.165, 1.54) is 5.56 Å². The van der Waals surface area contributed by atoms with Gasteiger partial charge in [0.2, 0.25) is 0 Å². The Labute approximate surface area is 200 Å². The maximum absolute atomic E-state index is 12.3. The number of allylic oxidation sites excluding steroid dienone is 1. The lowest BCUT2D eigenvalue weighted by atomic mass is 9.95. The van der Waals surface area contributed by atoms with Gasteiger partial charge < -0.3 is 19.9 Å². The number of hydrogen-bond donors (Lipinski definition) is 3. The topological polar surface area (TPSA) is 94.1 Å². The van der Waals surface area contributed by atoms with E-state index in [2.05, 4.69) is 63.6 Å². The molecule has 0 saturated heterocycles. The molecule has 0 saturated carbocycles. The van der Waals surface area contributed by atoms with Gasteiger partial charge in [0.25, 0.3) is 5.91 Å². The Morgan fingerprint density at radius 3 is 2.59 bits per heavy atom. The zero-order valence-corrected chi connectivity index (χ0v) is 20.2. The molecule has 1 atom stereocenters. The van der Waals surface area contributed by atoms with Gasteiger partial charge in [-0.1, -0.05) is 26.0 Å². The van der Waals surface area contributed by atoms with Crippen LogP contribution < -0.4 is 15.5 Å². The lowest BCUT2D eigenvalue weighted by Gasteiger charge is -2.19. The number of nitrogens with one attached hydrogen (secondary N) is 3. The fraction of sp³-hybridized carbons (Fsp3) is 0.346. The minimum absolute atomic E-state index is 0.181. The normalized spacial score (nSPS) is 18.4.